The minimum atomic E-state index is -0.857. The summed E-state index contributed by atoms with van der Waals surface area (Å²) in [6.07, 6.45) is 0. The summed E-state index contributed by atoms with van der Waals surface area (Å²) in [7, 11) is 0. The van der Waals surface area contributed by atoms with E-state index in [1.807, 2.05) is 0 Å². The quantitative estimate of drug-likeness (QED) is 0.436. The number of aromatic hydroxyl groups is 2. The number of carbonyl (C=O) groups excluding carboxylic acids is 1. The Bertz CT molecular complexity index is 351. The number of Topliss-reactive ketones (excluding diaryl/α,β-unsaturated/α-hetero) is 1. The van der Waals surface area contributed by atoms with Gasteiger partial charge in [-0.25, -0.2) is 4.39 Å². The number of hydrogen-bond donors (Lipinski definition) is 3. The van der Waals surface area contributed by atoms with Gasteiger partial charge >= 0.3 is 0 Å². The molecule has 70 valence electrons. The lowest BCUT2D eigenvalue weighted by molar-refractivity contribution is -0.349. The third kappa shape index (κ3) is 1.75. The number of ketones is 1. The lowest BCUT2D eigenvalue weighted by atomic mass is 10.1. The summed E-state index contributed by atoms with van der Waals surface area (Å²) >= 11 is 0. The zero-order valence-corrected chi connectivity index (χ0v) is 6.75. The van der Waals surface area contributed by atoms with Gasteiger partial charge in [-0.05, 0) is 6.07 Å². The van der Waals surface area contributed by atoms with Gasteiger partial charge in [0, 0.05) is 6.07 Å². The fourth-order valence-electron chi connectivity index (χ4n) is 0.900. The normalized spacial score (nSPS) is 10.0. The van der Waals surface area contributed by atoms with Crippen molar-refractivity contribution in [1.29, 1.82) is 0 Å². The van der Waals surface area contributed by atoms with E-state index in [0.29, 0.717) is 6.07 Å². The molecule has 1 aromatic carbocycles. The lowest BCUT2D eigenvalue weighted by Gasteiger charge is -2.01. The van der Waals surface area contributed by atoms with Crippen molar-refractivity contribution in [2.24, 2.45) is 0 Å². The second kappa shape index (κ2) is 3.40. The Balaban J connectivity index is 3.23. The monoisotopic (exact) mass is 186 g/mol. The molecule has 1 aromatic rings. The van der Waals surface area contributed by atoms with Crippen LogP contribution in [-0.4, -0.2) is 22.5 Å². The molecular formula is C8H9FNO3+. The molecule has 0 aromatic heterocycles. The maximum absolute atomic E-state index is 12.9. The van der Waals surface area contributed by atoms with E-state index >= 15 is 0 Å². The van der Waals surface area contributed by atoms with Gasteiger partial charge in [0.05, 0.1) is 5.56 Å². The summed E-state index contributed by atoms with van der Waals surface area (Å²) in [5.41, 5.74) is 3.04. The van der Waals surface area contributed by atoms with Gasteiger partial charge in [-0.2, -0.15) is 0 Å². The molecule has 0 aliphatic heterocycles. The SMILES string of the molecule is [NH3+]CC(=O)c1cc(O)c(O)cc1F. The van der Waals surface area contributed by atoms with E-state index < -0.39 is 23.1 Å². The van der Waals surface area contributed by atoms with Crippen molar-refractivity contribution in [3.8, 4) is 11.5 Å². The molecule has 0 spiro atoms. The molecule has 0 unspecified atom stereocenters. The van der Waals surface area contributed by atoms with E-state index in [0.717, 1.165) is 6.07 Å². The van der Waals surface area contributed by atoms with Crippen LogP contribution < -0.4 is 5.73 Å². The molecule has 13 heavy (non-hydrogen) atoms. The van der Waals surface area contributed by atoms with Gasteiger partial charge in [-0.15, -0.1) is 0 Å². The van der Waals surface area contributed by atoms with Crippen molar-refractivity contribution in [3.63, 3.8) is 0 Å². The predicted octanol–water partition coefficient (Wildman–Crippen LogP) is -0.339. The number of benzene rings is 1. The largest absolute Gasteiger partial charge is 0.504 e. The number of phenolic OH excluding ortho intramolecular Hbond substituents is 2. The van der Waals surface area contributed by atoms with Gasteiger partial charge in [0.2, 0.25) is 5.78 Å². The Hall–Kier alpha value is -1.62. The molecule has 0 aliphatic rings. The highest BCUT2D eigenvalue weighted by Crippen LogP contribution is 2.27. The first-order valence-corrected chi connectivity index (χ1v) is 3.60. The Morgan fingerprint density at radius 2 is 1.92 bits per heavy atom. The first-order valence-electron chi connectivity index (χ1n) is 3.60. The molecule has 0 heterocycles. The third-order valence-corrected chi connectivity index (χ3v) is 1.59. The maximum atomic E-state index is 12.9. The summed E-state index contributed by atoms with van der Waals surface area (Å²) in [4.78, 5) is 11.0. The Morgan fingerprint density at radius 1 is 1.38 bits per heavy atom. The van der Waals surface area contributed by atoms with Crippen LogP contribution in [0.2, 0.25) is 0 Å². The highest BCUT2D eigenvalue weighted by molar-refractivity contribution is 5.97. The summed E-state index contributed by atoms with van der Waals surface area (Å²) in [6, 6.07) is 1.58. The second-order valence-electron chi connectivity index (χ2n) is 2.49. The van der Waals surface area contributed by atoms with Gasteiger partial charge in [0.25, 0.3) is 0 Å². The summed E-state index contributed by atoms with van der Waals surface area (Å²) in [5, 5.41) is 17.8. The molecule has 0 radical (unpaired) electrons. The average Bonchev–Trinajstić information content (AvgIpc) is 2.10. The second-order valence-corrected chi connectivity index (χ2v) is 2.49. The van der Waals surface area contributed by atoms with E-state index in [-0.39, 0.29) is 12.1 Å². The maximum Gasteiger partial charge on any atom is 0.219 e. The van der Waals surface area contributed by atoms with Crippen LogP contribution in [0.25, 0.3) is 0 Å². The van der Waals surface area contributed by atoms with E-state index in [4.69, 9.17) is 10.2 Å². The van der Waals surface area contributed by atoms with Crippen molar-refractivity contribution in [2.75, 3.05) is 6.54 Å². The fourth-order valence-corrected chi connectivity index (χ4v) is 0.900. The number of halogens is 1. The number of hydrogen-bond acceptors (Lipinski definition) is 3. The van der Waals surface area contributed by atoms with Crippen LogP contribution in [0.1, 0.15) is 10.4 Å². The zero-order chi connectivity index (χ0) is 10.0. The molecule has 0 fully saturated rings. The molecule has 5 N–H and O–H groups in total. The highest BCUT2D eigenvalue weighted by Gasteiger charge is 2.14. The van der Waals surface area contributed by atoms with Crippen LogP contribution in [0.15, 0.2) is 12.1 Å². The van der Waals surface area contributed by atoms with Gasteiger partial charge in [-0.3, -0.25) is 4.79 Å². The van der Waals surface area contributed by atoms with Crippen LogP contribution in [0, 0.1) is 5.82 Å². The van der Waals surface area contributed by atoms with Crippen molar-refractivity contribution in [3.05, 3.63) is 23.5 Å². The van der Waals surface area contributed by atoms with Crippen molar-refractivity contribution in [2.45, 2.75) is 0 Å². The van der Waals surface area contributed by atoms with E-state index in [9.17, 15) is 9.18 Å². The number of carbonyl (C=O) groups is 1. The topological polar surface area (TPSA) is 85.2 Å². The zero-order valence-electron chi connectivity index (χ0n) is 6.75. The standard InChI is InChI=1S/C8H8FNO3/c9-5-2-7(12)6(11)1-4(5)8(13)3-10/h1-2,11-12H,3,10H2/p+1. The molecule has 0 amide bonds. The minimum Gasteiger partial charge on any atom is -0.504 e. The van der Waals surface area contributed by atoms with Gasteiger partial charge < -0.3 is 15.9 Å². The molecule has 0 saturated carbocycles. The van der Waals surface area contributed by atoms with E-state index in [2.05, 4.69) is 5.73 Å². The molecule has 5 heteroatoms. The molecule has 0 aliphatic carbocycles. The Kier molecular flexibility index (Phi) is 2.48. The van der Waals surface area contributed by atoms with Gasteiger partial charge in [0.15, 0.2) is 11.5 Å². The molecule has 0 atom stereocenters. The predicted molar refractivity (Wildman–Crippen MR) is 41.8 cm³/mol. The highest BCUT2D eigenvalue weighted by atomic mass is 19.1. The van der Waals surface area contributed by atoms with Crippen molar-refractivity contribution >= 4 is 5.78 Å². The Labute approximate surface area is 73.4 Å². The van der Waals surface area contributed by atoms with Crippen LogP contribution in [0.4, 0.5) is 4.39 Å². The number of rotatable bonds is 2. The molecule has 1 rings (SSSR count). The summed E-state index contributed by atoms with van der Waals surface area (Å²) in [6.45, 7) is -0.0961. The van der Waals surface area contributed by atoms with E-state index in [1.54, 1.807) is 0 Å². The van der Waals surface area contributed by atoms with Crippen molar-refractivity contribution < 1.29 is 25.1 Å². The van der Waals surface area contributed by atoms with Crippen LogP contribution >= 0.6 is 0 Å². The smallest absolute Gasteiger partial charge is 0.219 e. The van der Waals surface area contributed by atoms with Crippen LogP contribution in [-0.2, 0) is 0 Å². The van der Waals surface area contributed by atoms with E-state index in [1.165, 1.54) is 0 Å². The van der Waals surface area contributed by atoms with Crippen LogP contribution in [0.5, 0.6) is 11.5 Å². The molecule has 4 nitrogen and oxygen atoms in total. The molecular weight excluding hydrogens is 177 g/mol. The lowest BCUT2D eigenvalue weighted by Crippen LogP contribution is -2.54. The van der Waals surface area contributed by atoms with Gasteiger partial charge in [0.1, 0.15) is 12.4 Å². The third-order valence-electron chi connectivity index (χ3n) is 1.59. The van der Waals surface area contributed by atoms with Gasteiger partial charge in [-0.1, -0.05) is 0 Å². The fraction of sp³-hybridized carbons (Fsp3) is 0.125. The average molecular weight is 186 g/mol. The summed E-state index contributed by atoms with van der Waals surface area (Å²) in [5.74, 6) is -2.48. The molecule has 0 bridgehead atoms. The van der Waals surface area contributed by atoms with Crippen molar-refractivity contribution in [1.82, 2.24) is 0 Å². The number of phenols is 2. The van der Waals surface area contributed by atoms with Crippen LogP contribution in [0.3, 0.4) is 0 Å². The first-order chi connectivity index (χ1) is 6.06. The first kappa shape index (κ1) is 9.47. The minimum absolute atomic E-state index is 0.0961. The Morgan fingerprint density at radius 3 is 2.46 bits per heavy atom. The molecule has 0 saturated heterocycles. The summed E-state index contributed by atoms with van der Waals surface area (Å²) < 4.78 is 12.9. The number of quaternary nitrogens is 1.